The second-order valence-electron chi connectivity index (χ2n) is 7.14. The Morgan fingerprint density at radius 2 is 1.93 bits per heavy atom. The van der Waals surface area contributed by atoms with Gasteiger partial charge in [0, 0.05) is 24.3 Å². The molecule has 7 N–H and O–H groups in total. The van der Waals surface area contributed by atoms with E-state index >= 15 is 0 Å². The number of carbonyl (C=O) groups excluding carboxylic acids is 2. The van der Waals surface area contributed by atoms with Crippen molar-refractivity contribution in [2.45, 2.75) is 75.2 Å². The van der Waals surface area contributed by atoms with E-state index in [1.807, 2.05) is 11.8 Å². The summed E-state index contributed by atoms with van der Waals surface area (Å²) in [6, 6.07) is -0.334. The molecule has 0 radical (unpaired) electrons. The molecule has 0 aromatic carbocycles. The number of hydrogen-bond donors (Lipinski definition) is 6. The summed E-state index contributed by atoms with van der Waals surface area (Å²) in [4.78, 5) is 42.6. The summed E-state index contributed by atoms with van der Waals surface area (Å²) >= 11 is 1.87. The Balaban J connectivity index is 0.000000298. The fourth-order valence-electron chi connectivity index (χ4n) is 3.26. The van der Waals surface area contributed by atoms with Crippen LogP contribution in [0.1, 0.15) is 51.9 Å². The number of aliphatic carboxylic acids is 2. The minimum Gasteiger partial charge on any atom is -0.481 e. The van der Waals surface area contributed by atoms with Gasteiger partial charge in [0.2, 0.25) is 5.91 Å². The van der Waals surface area contributed by atoms with Crippen LogP contribution in [0.25, 0.3) is 0 Å². The number of urea groups is 1. The standard InChI is InChI=1S/C10H16N2O3S.C8H16N2O3/c13-8(14)4-2-1-3-7-9-6(5-16-7)11-10(15)12-9;1-6(11)10-7(8(12)13)4-2-3-5-9/h6-7,9H,1-5H2,(H,13,14)(H2,11,12,15);7H,2-5,9H2,1H3,(H,10,11)(H,12,13)/t6-,7-,9-;7-/m00/s1. The number of thioether (sulfide) groups is 1. The van der Waals surface area contributed by atoms with Crippen molar-refractivity contribution in [1.29, 1.82) is 0 Å². The Labute approximate surface area is 174 Å². The Bertz CT molecular complexity index is 577. The van der Waals surface area contributed by atoms with Crippen LogP contribution in [0.5, 0.6) is 0 Å². The van der Waals surface area contributed by atoms with E-state index in [0.29, 0.717) is 24.6 Å². The lowest BCUT2D eigenvalue weighted by Crippen LogP contribution is -2.39. The van der Waals surface area contributed by atoms with Crippen LogP contribution in [-0.2, 0) is 14.4 Å². The van der Waals surface area contributed by atoms with Gasteiger partial charge in [-0.15, -0.1) is 0 Å². The van der Waals surface area contributed by atoms with Crippen LogP contribution in [0.4, 0.5) is 4.79 Å². The number of carbonyl (C=O) groups is 4. The quantitative estimate of drug-likeness (QED) is 0.202. The van der Waals surface area contributed by atoms with Gasteiger partial charge in [-0.1, -0.05) is 6.42 Å². The fourth-order valence-corrected chi connectivity index (χ4v) is 4.80. The van der Waals surface area contributed by atoms with E-state index in [9.17, 15) is 19.2 Å². The molecule has 4 atom stereocenters. The molecule has 166 valence electrons. The number of nitrogens with one attached hydrogen (secondary N) is 3. The van der Waals surface area contributed by atoms with Crippen molar-refractivity contribution >= 4 is 35.6 Å². The van der Waals surface area contributed by atoms with Crippen molar-refractivity contribution < 1.29 is 29.4 Å². The molecule has 29 heavy (non-hydrogen) atoms. The second-order valence-corrected chi connectivity index (χ2v) is 8.41. The number of rotatable bonds is 11. The zero-order valence-corrected chi connectivity index (χ0v) is 17.5. The lowest BCUT2D eigenvalue weighted by Gasteiger charge is -2.16. The molecule has 2 heterocycles. The van der Waals surface area contributed by atoms with Gasteiger partial charge in [-0.25, -0.2) is 9.59 Å². The van der Waals surface area contributed by atoms with Gasteiger partial charge < -0.3 is 31.9 Å². The molecule has 0 aromatic heterocycles. The number of nitrogens with two attached hydrogens (primary N) is 1. The molecule has 0 aliphatic carbocycles. The first-order valence-electron chi connectivity index (χ1n) is 9.85. The average molecular weight is 433 g/mol. The summed E-state index contributed by atoms with van der Waals surface area (Å²) in [5.41, 5.74) is 5.26. The summed E-state index contributed by atoms with van der Waals surface area (Å²) in [7, 11) is 0. The zero-order valence-electron chi connectivity index (χ0n) is 16.7. The molecule has 2 rings (SSSR count). The van der Waals surface area contributed by atoms with Crippen molar-refractivity contribution in [2.75, 3.05) is 12.3 Å². The van der Waals surface area contributed by atoms with Crippen LogP contribution in [0.2, 0.25) is 0 Å². The normalized spacial score (nSPS) is 23.1. The predicted molar refractivity (Wildman–Crippen MR) is 110 cm³/mol. The molecule has 0 saturated carbocycles. The Hall–Kier alpha value is -2.01. The number of unbranched alkanes of at least 4 members (excludes halogenated alkanes) is 2. The van der Waals surface area contributed by atoms with Gasteiger partial charge in [-0.2, -0.15) is 11.8 Å². The molecule has 2 aliphatic rings. The summed E-state index contributed by atoms with van der Waals surface area (Å²) in [5.74, 6) is -1.08. The third-order valence-corrected chi connectivity index (χ3v) is 6.20. The lowest BCUT2D eigenvalue weighted by atomic mass is 10.0. The summed E-state index contributed by atoms with van der Waals surface area (Å²) in [6.07, 6.45) is 4.81. The Kier molecular flexibility index (Phi) is 11.4. The van der Waals surface area contributed by atoms with Crippen molar-refractivity contribution in [3.05, 3.63) is 0 Å². The van der Waals surface area contributed by atoms with Crippen LogP contribution < -0.4 is 21.7 Å². The smallest absolute Gasteiger partial charge is 0.326 e. The molecular weight excluding hydrogens is 400 g/mol. The van der Waals surface area contributed by atoms with Crippen LogP contribution in [0.3, 0.4) is 0 Å². The van der Waals surface area contributed by atoms with Gasteiger partial charge in [-0.3, -0.25) is 9.59 Å². The van der Waals surface area contributed by atoms with E-state index in [0.717, 1.165) is 31.4 Å². The summed E-state index contributed by atoms with van der Waals surface area (Å²) in [5, 5.41) is 25.8. The highest BCUT2D eigenvalue weighted by Gasteiger charge is 2.42. The average Bonchev–Trinajstić information content (AvgIpc) is 3.17. The minimum absolute atomic E-state index is 0.0640. The van der Waals surface area contributed by atoms with Gasteiger partial charge in [0.1, 0.15) is 6.04 Å². The van der Waals surface area contributed by atoms with Gasteiger partial charge >= 0.3 is 18.0 Å². The van der Waals surface area contributed by atoms with Crippen LogP contribution in [0.15, 0.2) is 0 Å². The predicted octanol–water partition coefficient (Wildman–Crippen LogP) is 0.502. The van der Waals surface area contributed by atoms with E-state index < -0.39 is 18.0 Å². The summed E-state index contributed by atoms with van der Waals surface area (Å²) in [6.45, 7) is 1.85. The molecular formula is C18H32N4O6S. The molecule has 0 unspecified atom stereocenters. The highest BCUT2D eigenvalue weighted by molar-refractivity contribution is 8.00. The maximum atomic E-state index is 11.1. The topological polar surface area (TPSA) is 171 Å². The van der Waals surface area contributed by atoms with E-state index in [1.165, 1.54) is 6.92 Å². The number of hydrogen-bond acceptors (Lipinski definition) is 6. The Morgan fingerprint density at radius 3 is 2.52 bits per heavy atom. The number of fused-ring (bicyclic) bond motifs is 1. The molecule has 11 heteroatoms. The molecule has 2 aliphatic heterocycles. The monoisotopic (exact) mass is 432 g/mol. The van der Waals surface area contributed by atoms with Crippen molar-refractivity contribution in [2.24, 2.45) is 5.73 Å². The van der Waals surface area contributed by atoms with Gasteiger partial charge in [0.05, 0.1) is 12.1 Å². The van der Waals surface area contributed by atoms with E-state index in [4.69, 9.17) is 15.9 Å². The third-order valence-electron chi connectivity index (χ3n) is 4.69. The molecule has 0 spiro atoms. The van der Waals surface area contributed by atoms with Crippen molar-refractivity contribution in [3.63, 3.8) is 0 Å². The highest BCUT2D eigenvalue weighted by atomic mass is 32.2. The van der Waals surface area contributed by atoms with E-state index in [2.05, 4.69) is 16.0 Å². The second kappa shape index (κ2) is 13.3. The zero-order chi connectivity index (χ0) is 21.8. The SMILES string of the molecule is CC(=O)N[C@@H](CCCCN)C(=O)O.O=C(O)CCCC[C@@H]1SC[C@@H]2NC(=O)N[C@@H]21. The minimum atomic E-state index is -0.993. The van der Waals surface area contributed by atoms with Gasteiger partial charge in [0.25, 0.3) is 0 Å². The molecule has 0 bridgehead atoms. The molecule has 2 saturated heterocycles. The number of amides is 3. The summed E-state index contributed by atoms with van der Waals surface area (Å²) < 4.78 is 0. The molecule has 3 amide bonds. The van der Waals surface area contributed by atoms with E-state index in [1.54, 1.807) is 0 Å². The maximum Gasteiger partial charge on any atom is 0.326 e. The van der Waals surface area contributed by atoms with Crippen molar-refractivity contribution in [1.82, 2.24) is 16.0 Å². The van der Waals surface area contributed by atoms with Gasteiger partial charge in [0.15, 0.2) is 0 Å². The largest absolute Gasteiger partial charge is 0.481 e. The number of carboxylic acids is 2. The third kappa shape index (κ3) is 9.84. The first kappa shape index (κ1) is 25.0. The molecule has 0 aromatic rings. The first-order valence-corrected chi connectivity index (χ1v) is 10.9. The molecule has 2 fully saturated rings. The lowest BCUT2D eigenvalue weighted by molar-refractivity contribution is -0.141. The van der Waals surface area contributed by atoms with Crippen molar-refractivity contribution in [3.8, 4) is 0 Å². The molecule has 10 nitrogen and oxygen atoms in total. The van der Waals surface area contributed by atoms with E-state index in [-0.39, 0.29) is 30.4 Å². The van der Waals surface area contributed by atoms with Crippen LogP contribution in [0, 0.1) is 0 Å². The Morgan fingerprint density at radius 1 is 1.21 bits per heavy atom. The number of carboxylic acid groups (broad SMARTS) is 2. The fraction of sp³-hybridized carbons (Fsp3) is 0.778. The maximum absolute atomic E-state index is 11.1. The van der Waals surface area contributed by atoms with Crippen LogP contribution >= 0.6 is 11.8 Å². The van der Waals surface area contributed by atoms with Crippen LogP contribution in [-0.4, -0.2) is 69.8 Å². The van der Waals surface area contributed by atoms with Gasteiger partial charge in [-0.05, 0) is 38.6 Å². The highest BCUT2D eigenvalue weighted by Crippen LogP contribution is 2.33. The first-order chi connectivity index (χ1) is 13.7.